The van der Waals surface area contributed by atoms with Gasteiger partial charge in [-0.15, -0.1) is 0 Å². The molecule has 0 radical (unpaired) electrons. The van der Waals surface area contributed by atoms with Crippen LogP contribution in [0.25, 0.3) is 5.57 Å². The van der Waals surface area contributed by atoms with Gasteiger partial charge in [-0.1, -0.05) is 12.6 Å². The molecule has 1 aromatic rings. The molecule has 0 atom stereocenters. The van der Waals surface area contributed by atoms with Crippen molar-refractivity contribution in [2.24, 2.45) is 0 Å². The maximum absolute atomic E-state index is 13.2. The number of alkyl halides is 3. The molecule has 6 heteroatoms. The summed E-state index contributed by atoms with van der Waals surface area (Å²) in [5.41, 5.74) is -1.86. The Labute approximate surface area is 93.3 Å². The van der Waals surface area contributed by atoms with Crippen LogP contribution in [0.1, 0.15) is 11.1 Å². The smallest absolute Gasteiger partial charge is 0.276 e. The summed E-state index contributed by atoms with van der Waals surface area (Å²) in [4.78, 5) is 10.7. The van der Waals surface area contributed by atoms with Crippen LogP contribution in [0.4, 0.5) is 17.6 Å². The van der Waals surface area contributed by atoms with Crippen molar-refractivity contribution >= 4 is 22.4 Å². The highest BCUT2D eigenvalue weighted by Crippen LogP contribution is 2.31. The fraction of sp³-hybridized carbons (Fsp3) is 0.100. The molecule has 86 valence electrons. The Balaban J connectivity index is 3.20. The van der Waals surface area contributed by atoms with E-state index in [9.17, 15) is 22.4 Å². The topological polar surface area (TPSA) is 17.1 Å². The molecule has 0 N–H and O–H groups in total. The molecule has 0 spiro atoms. The Kier molecular flexibility index (Phi) is 3.38. The Morgan fingerprint density at radius 2 is 1.88 bits per heavy atom. The van der Waals surface area contributed by atoms with Crippen LogP contribution >= 0.6 is 11.6 Å². The molecule has 0 aromatic heterocycles. The van der Waals surface area contributed by atoms with E-state index in [2.05, 4.69) is 6.58 Å². The molecule has 0 fully saturated rings. The van der Waals surface area contributed by atoms with Crippen LogP contribution < -0.4 is 0 Å². The predicted molar refractivity (Wildman–Crippen MR) is 51.3 cm³/mol. The van der Waals surface area contributed by atoms with E-state index in [0.717, 1.165) is 6.07 Å². The van der Waals surface area contributed by atoms with Crippen molar-refractivity contribution in [3.63, 3.8) is 0 Å². The van der Waals surface area contributed by atoms with Gasteiger partial charge in [-0.3, -0.25) is 4.79 Å². The quantitative estimate of drug-likeness (QED) is 0.446. The molecular formula is C10H5ClF4O. The number of allylic oxidation sites excluding steroid dienone is 1. The van der Waals surface area contributed by atoms with Gasteiger partial charge in [0.1, 0.15) is 5.82 Å². The van der Waals surface area contributed by atoms with Gasteiger partial charge in [-0.25, -0.2) is 4.39 Å². The number of carbonyl (C=O) groups excluding carboxylic acids is 1. The summed E-state index contributed by atoms with van der Waals surface area (Å²) in [7, 11) is 0. The third-order valence-corrected chi connectivity index (χ3v) is 2.09. The van der Waals surface area contributed by atoms with E-state index in [4.69, 9.17) is 11.6 Å². The van der Waals surface area contributed by atoms with Crippen molar-refractivity contribution in [3.05, 3.63) is 41.7 Å². The molecule has 0 heterocycles. The molecule has 1 nitrogen and oxygen atoms in total. The zero-order valence-electron chi connectivity index (χ0n) is 7.74. The van der Waals surface area contributed by atoms with Crippen LogP contribution in [-0.4, -0.2) is 5.24 Å². The highest BCUT2D eigenvalue weighted by Gasteiger charge is 2.31. The molecule has 0 unspecified atom stereocenters. The first-order valence-electron chi connectivity index (χ1n) is 3.99. The van der Waals surface area contributed by atoms with E-state index in [1.54, 1.807) is 0 Å². The van der Waals surface area contributed by atoms with Gasteiger partial charge in [0.2, 0.25) is 0 Å². The second kappa shape index (κ2) is 4.25. The fourth-order valence-electron chi connectivity index (χ4n) is 1.04. The monoisotopic (exact) mass is 252 g/mol. The Morgan fingerprint density at radius 3 is 2.25 bits per heavy atom. The molecule has 0 bridgehead atoms. The molecule has 0 amide bonds. The average molecular weight is 253 g/mol. The molecule has 0 aliphatic heterocycles. The summed E-state index contributed by atoms with van der Waals surface area (Å²) < 4.78 is 49.8. The number of benzene rings is 1. The van der Waals surface area contributed by atoms with Crippen LogP contribution in [0.5, 0.6) is 0 Å². The van der Waals surface area contributed by atoms with Gasteiger partial charge in [0.25, 0.3) is 5.24 Å². The van der Waals surface area contributed by atoms with Crippen molar-refractivity contribution in [2.45, 2.75) is 6.18 Å². The molecule has 0 saturated carbocycles. The van der Waals surface area contributed by atoms with Crippen molar-refractivity contribution < 1.29 is 22.4 Å². The first-order chi connectivity index (χ1) is 7.23. The zero-order valence-corrected chi connectivity index (χ0v) is 8.49. The Morgan fingerprint density at radius 1 is 1.31 bits per heavy atom. The Hall–Kier alpha value is -1.36. The van der Waals surface area contributed by atoms with Crippen LogP contribution in [0, 0.1) is 5.82 Å². The van der Waals surface area contributed by atoms with E-state index in [1.807, 2.05) is 0 Å². The minimum Gasteiger partial charge on any atom is -0.276 e. The van der Waals surface area contributed by atoms with Gasteiger partial charge in [0, 0.05) is 11.1 Å². The standard InChI is InChI=1S/C10H5ClF4O/c1-5(9(11)16)7-3-2-6(4-8(7)12)10(13,14)15/h2-4H,1H2. The van der Waals surface area contributed by atoms with E-state index in [1.165, 1.54) is 0 Å². The molecule has 1 aromatic carbocycles. The Bertz CT molecular complexity index is 451. The molecule has 0 aliphatic carbocycles. The fourth-order valence-corrected chi connectivity index (χ4v) is 1.14. The lowest BCUT2D eigenvalue weighted by molar-refractivity contribution is -0.137. The SMILES string of the molecule is C=C(C(=O)Cl)c1ccc(C(F)(F)F)cc1F. The molecule has 16 heavy (non-hydrogen) atoms. The molecule has 0 saturated heterocycles. The minimum absolute atomic E-state index is 0.292. The predicted octanol–water partition coefficient (Wildman–Crippen LogP) is 3.62. The highest BCUT2D eigenvalue weighted by molar-refractivity contribution is 6.74. The van der Waals surface area contributed by atoms with E-state index >= 15 is 0 Å². The van der Waals surface area contributed by atoms with Crippen molar-refractivity contribution in [1.29, 1.82) is 0 Å². The second-order valence-electron chi connectivity index (χ2n) is 2.94. The summed E-state index contributed by atoms with van der Waals surface area (Å²) in [6, 6.07) is 1.77. The van der Waals surface area contributed by atoms with Crippen molar-refractivity contribution in [2.75, 3.05) is 0 Å². The normalized spacial score (nSPS) is 11.3. The van der Waals surface area contributed by atoms with Gasteiger partial charge in [0.15, 0.2) is 0 Å². The van der Waals surface area contributed by atoms with Crippen molar-refractivity contribution in [1.82, 2.24) is 0 Å². The van der Waals surface area contributed by atoms with Crippen LogP contribution in [0.15, 0.2) is 24.8 Å². The maximum atomic E-state index is 13.2. The maximum Gasteiger partial charge on any atom is 0.416 e. The lowest BCUT2D eigenvalue weighted by Gasteiger charge is -2.08. The largest absolute Gasteiger partial charge is 0.416 e. The summed E-state index contributed by atoms with van der Waals surface area (Å²) >= 11 is 5.04. The van der Waals surface area contributed by atoms with E-state index in [0.29, 0.717) is 12.1 Å². The summed E-state index contributed by atoms with van der Waals surface area (Å²) in [5, 5.41) is -1.02. The first kappa shape index (κ1) is 12.7. The second-order valence-corrected chi connectivity index (χ2v) is 3.29. The molecular weight excluding hydrogens is 248 g/mol. The summed E-state index contributed by atoms with van der Waals surface area (Å²) in [6.07, 6.45) is -4.63. The van der Waals surface area contributed by atoms with Crippen LogP contribution in [0.2, 0.25) is 0 Å². The van der Waals surface area contributed by atoms with Gasteiger partial charge in [-0.2, -0.15) is 13.2 Å². The van der Waals surface area contributed by atoms with Gasteiger partial charge < -0.3 is 0 Å². The first-order valence-corrected chi connectivity index (χ1v) is 4.37. The highest BCUT2D eigenvalue weighted by atomic mass is 35.5. The third-order valence-electron chi connectivity index (χ3n) is 1.86. The third kappa shape index (κ3) is 2.61. The summed E-state index contributed by atoms with van der Waals surface area (Å²) in [5.74, 6) is -1.19. The van der Waals surface area contributed by atoms with Gasteiger partial charge in [0.05, 0.1) is 5.56 Å². The van der Waals surface area contributed by atoms with Gasteiger partial charge in [-0.05, 0) is 23.7 Å². The number of hydrogen-bond acceptors (Lipinski definition) is 1. The van der Waals surface area contributed by atoms with Gasteiger partial charge >= 0.3 is 6.18 Å². The lowest BCUT2D eigenvalue weighted by Crippen LogP contribution is -2.06. The molecule has 0 aliphatic rings. The van der Waals surface area contributed by atoms with E-state index < -0.39 is 22.8 Å². The van der Waals surface area contributed by atoms with E-state index in [-0.39, 0.29) is 11.1 Å². The van der Waals surface area contributed by atoms with Crippen LogP contribution in [0.3, 0.4) is 0 Å². The average Bonchev–Trinajstić information content (AvgIpc) is 2.15. The van der Waals surface area contributed by atoms with Crippen molar-refractivity contribution in [3.8, 4) is 0 Å². The lowest BCUT2D eigenvalue weighted by atomic mass is 10.1. The summed E-state index contributed by atoms with van der Waals surface area (Å²) in [6.45, 7) is 3.17. The number of carbonyl (C=O) groups is 1. The zero-order chi connectivity index (χ0) is 12.5. The number of rotatable bonds is 2. The van der Waals surface area contributed by atoms with Crippen LogP contribution in [-0.2, 0) is 11.0 Å². The minimum atomic E-state index is -4.63. The number of halogens is 5. The molecule has 1 rings (SSSR count). The number of hydrogen-bond donors (Lipinski definition) is 0.